The van der Waals surface area contributed by atoms with Crippen molar-refractivity contribution >= 4 is 5.97 Å². The SMILES string of the molecule is COC(=O)[C@H]1C[C@H]2CC[C@@H](C1)N2. The number of rotatable bonds is 1. The lowest BCUT2D eigenvalue weighted by atomic mass is 9.93. The van der Waals surface area contributed by atoms with Crippen molar-refractivity contribution in [1.29, 1.82) is 0 Å². The number of methoxy groups -OCH3 is 1. The minimum atomic E-state index is -0.0200. The zero-order valence-electron chi connectivity index (χ0n) is 7.38. The Labute approximate surface area is 72.5 Å². The van der Waals surface area contributed by atoms with Crippen LogP contribution in [0.2, 0.25) is 0 Å². The average molecular weight is 169 g/mol. The molecule has 0 aromatic heterocycles. The molecule has 0 saturated carbocycles. The van der Waals surface area contributed by atoms with Crippen LogP contribution >= 0.6 is 0 Å². The van der Waals surface area contributed by atoms with Gasteiger partial charge in [0.25, 0.3) is 0 Å². The van der Waals surface area contributed by atoms with Gasteiger partial charge >= 0.3 is 5.97 Å². The Hall–Kier alpha value is -0.570. The van der Waals surface area contributed by atoms with Crippen LogP contribution in [0.1, 0.15) is 25.7 Å². The van der Waals surface area contributed by atoms with E-state index < -0.39 is 0 Å². The van der Waals surface area contributed by atoms with Gasteiger partial charge in [0.15, 0.2) is 0 Å². The molecule has 1 N–H and O–H groups in total. The Kier molecular flexibility index (Phi) is 2.05. The van der Waals surface area contributed by atoms with E-state index in [1.54, 1.807) is 0 Å². The van der Waals surface area contributed by atoms with Gasteiger partial charge in [-0.05, 0) is 25.7 Å². The first-order chi connectivity index (χ1) is 5.79. The number of hydrogen-bond acceptors (Lipinski definition) is 3. The maximum absolute atomic E-state index is 11.2. The number of hydrogen-bond donors (Lipinski definition) is 1. The van der Waals surface area contributed by atoms with Crippen molar-refractivity contribution in [3.8, 4) is 0 Å². The summed E-state index contributed by atoms with van der Waals surface area (Å²) >= 11 is 0. The summed E-state index contributed by atoms with van der Waals surface area (Å²) in [5.74, 6) is 0.141. The van der Waals surface area contributed by atoms with Gasteiger partial charge in [-0.3, -0.25) is 4.79 Å². The number of esters is 1. The molecule has 0 aromatic carbocycles. The molecule has 3 atom stereocenters. The van der Waals surface area contributed by atoms with E-state index in [1.807, 2.05) is 0 Å². The van der Waals surface area contributed by atoms with E-state index in [9.17, 15) is 4.79 Å². The molecule has 12 heavy (non-hydrogen) atoms. The number of fused-ring (bicyclic) bond motifs is 2. The topological polar surface area (TPSA) is 38.3 Å². The smallest absolute Gasteiger partial charge is 0.308 e. The first-order valence-corrected chi connectivity index (χ1v) is 4.63. The van der Waals surface area contributed by atoms with Crippen molar-refractivity contribution in [1.82, 2.24) is 5.32 Å². The second kappa shape index (κ2) is 3.05. The number of carbonyl (C=O) groups excluding carboxylic acids is 1. The largest absolute Gasteiger partial charge is 0.469 e. The quantitative estimate of drug-likeness (QED) is 0.587. The predicted octanol–water partition coefficient (Wildman–Crippen LogP) is 0.690. The van der Waals surface area contributed by atoms with E-state index >= 15 is 0 Å². The van der Waals surface area contributed by atoms with Gasteiger partial charge in [-0.25, -0.2) is 0 Å². The normalized spacial score (nSPS) is 39.6. The minimum Gasteiger partial charge on any atom is -0.469 e. The standard InChI is InChI=1S/C9H15NO2/c1-12-9(11)6-4-7-2-3-8(5-6)10-7/h6-8,10H,2-5H2,1H3/t6-,7+,8-. The summed E-state index contributed by atoms with van der Waals surface area (Å²) in [7, 11) is 1.48. The number of piperidine rings is 1. The molecule has 2 aliphatic rings. The molecular formula is C9H15NO2. The zero-order valence-corrected chi connectivity index (χ0v) is 7.38. The Morgan fingerprint density at radius 2 is 1.92 bits per heavy atom. The van der Waals surface area contributed by atoms with E-state index in [4.69, 9.17) is 4.74 Å². The summed E-state index contributed by atoms with van der Waals surface area (Å²) in [6.45, 7) is 0. The van der Waals surface area contributed by atoms with E-state index in [0.29, 0.717) is 12.1 Å². The molecule has 3 nitrogen and oxygen atoms in total. The van der Waals surface area contributed by atoms with Gasteiger partial charge in [-0.15, -0.1) is 0 Å². The Morgan fingerprint density at radius 1 is 1.33 bits per heavy atom. The highest BCUT2D eigenvalue weighted by Gasteiger charge is 2.36. The second-order valence-electron chi connectivity index (χ2n) is 3.83. The van der Waals surface area contributed by atoms with Gasteiger partial charge in [0.1, 0.15) is 0 Å². The summed E-state index contributed by atoms with van der Waals surface area (Å²) in [6.07, 6.45) is 4.42. The third-order valence-corrected chi connectivity index (χ3v) is 3.01. The van der Waals surface area contributed by atoms with Gasteiger partial charge in [-0.2, -0.15) is 0 Å². The highest BCUT2D eigenvalue weighted by Crippen LogP contribution is 2.31. The summed E-state index contributed by atoms with van der Waals surface area (Å²) in [6, 6.07) is 1.15. The van der Waals surface area contributed by atoms with Crippen molar-refractivity contribution in [3.05, 3.63) is 0 Å². The lowest BCUT2D eigenvalue weighted by molar-refractivity contribution is -0.146. The second-order valence-corrected chi connectivity index (χ2v) is 3.83. The Balaban J connectivity index is 1.98. The van der Waals surface area contributed by atoms with Crippen LogP contribution in [-0.4, -0.2) is 25.2 Å². The molecule has 2 saturated heterocycles. The van der Waals surface area contributed by atoms with Gasteiger partial charge < -0.3 is 10.1 Å². The number of carbonyl (C=O) groups is 1. The zero-order chi connectivity index (χ0) is 8.55. The van der Waals surface area contributed by atoms with Gasteiger partial charge in [-0.1, -0.05) is 0 Å². The average Bonchev–Trinajstić information content (AvgIpc) is 2.44. The summed E-state index contributed by atoms with van der Waals surface area (Å²) in [5.41, 5.74) is 0. The molecule has 2 rings (SSSR count). The molecule has 0 aliphatic carbocycles. The molecule has 0 spiro atoms. The molecule has 2 aliphatic heterocycles. The molecule has 2 heterocycles. The van der Waals surface area contributed by atoms with E-state index in [1.165, 1.54) is 20.0 Å². The number of nitrogens with one attached hydrogen (secondary N) is 1. The summed E-state index contributed by atoms with van der Waals surface area (Å²) in [5, 5.41) is 3.49. The van der Waals surface area contributed by atoms with E-state index in [-0.39, 0.29) is 11.9 Å². The molecule has 0 radical (unpaired) electrons. The molecule has 0 aromatic rings. The van der Waals surface area contributed by atoms with E-state index in [0.717, 1.165) is 12.8 Å². The molecule has 0 amide bonds. The van der Waals surface area contributed by atoms with Crippen LogP contribution in [0.5, 0.6) is 0 Å². The Morgan fingerprint density at radius 3 is 2.42 bits per heavy atom. The maximum Gasteiger partial charge on any atom is 0.308 e. The predicted molar refractivity (Wildman–Crippen MR) is 44.7 cm³/mol. The van der Waals surface area contributed by atoms with Crippen LogP contribution in [0.15, 0.2) is 0 Å². The van der Waals surface area contributed by atoms with Crippen molar-refractivity contribution < 1.29 is 9.53 Å². The monoisotopic (exact) mass is 169 g/mol. The van der Waals surface area contributed by atoms with Crippen LogP contribution in [0.25, 0.3) is 0 Å². The van der Waals surface area contributed by atoms with Crippen molar-refractivity contribution in [3.63, 3.8) is 0 Å². The van der Waals surface area contributed by atoms with Crippen molar-refractivity contribution in [2.75, 3.05) is 7.11 Å². The van der Waals surface area contributed by atoms with Crippen LogP contribution in [0, 0.1) is 5.92 Å². The van der Waals surface area contributed by atoms with Crippen molar-refractivity contribution in [2.24, 2.45) is 5.92 Å². The summed E-state index contributed by atoms with van der Waals surface area (Å²) < 4.78 is 4.75. The lowest BCUT2D eigenvalue weighted by Gasteiger charge is -2.26. The fourth-order valence-electron chi connectivity index (χ4n) is 2.42. The molecule has 3 heteroatoms. The molecular weight excluding hydrogens is 154 g/mol. The fraction of sp³-hybridized carbons (Fsp3) is 0.889. The highest BCUT2D eigenvalue weighted by atomic mass is 16.5. The van der Waals surface area contributed by atoms with Crippen LogP contribution < -0.4 is 5.32 Å². The summed E-state index contributed by atoms with van der Waals surface area (Å²) in [4.78, 5) is 11.2. The Bertz CT molecular complexity index is 181. The molecule has 2 fully saturated rings. The van der Waals surface area contributed by atoms with Gasteiger partial charge in [0.05, 0.1) is 13.0 Å². The third-order valence-electron chi connectivity index (χ3n) is 3.01. The first-order valence-electron chi connectivity index (χ1n) is 4.63. The van der Waals surface area contributed by atoms with Crippen LogP contribution in [0.3, 0.4) is 0 Å². The molecule has 0 unspecified atom stereocenters. The lowest BCUT2D eigenvalue weighted by Crippen LogP contribution is -2.40. The van der Waals surface area contributed by atoms with Crippen LogP contribution in [-0.2, 0) is 9.53 Å². The van der Waals surface area contributed by atoms with Gasteiger partial charge in [0.2, 0.25) is 0 Å². The maximum atomic E-state index is 11.2. The third kappa shape index (κ3) is 1.33. The van der Waals surface area contributed by atoms with Crippen molar-refractivity contribution in [2.45, 2.75) is 37.8 Å². The first kappa shape index (κ1) is 8.05. The fourth-order valence-corrected chi connectivity index (χ4v) is 2.42. The minimum absolute atomic E-state index is 0.0200. The number of ether oxygens (including phenoxy) is 1. The van der Waals surface area contributed by atoms with E-state index in [2.05, 4.69) is 5.32 Å². The molecule has 68 valence electrons. The highest BCUT2D eigenvalue weighted by molar-refractivity contribution is 5.72. The van der Waals surface area contributed by atoms with Crippen LogP contribution in [0.4, 0.5) is 0 Å². The molecule has 2 bridgehead atoms. The van der Waals surface area contributed by atoms with Gasteiger partial charge in [0, 0.05) is 12.1 Å².